The van der Waals surface area contributed by atoms with E-state index in [-0.39, 0.29) is 24.2 Å². The zero-order valence-electron chi connectivity index (χ0n) is 18.5. The molecule has 32 heavy (non-hydrogen) atoms. The van der Waals surface area contributed by atoms with E-state index in [2.05, 4.69) is 5.32 Å². The van der Waals surface area contributed by atoms with Crippen LogP contribution in [0.5, 0.6) is 0 Å². The van der Waals surface area contributed by atoms with Gasteiger partial charge >= 0.3 is 0 Å². The van der Waals surface area contributed by atoms with Crippen LogP contribution in [-0.2, 0) is 16.1 Å². The van der Waals surface area contributed by atoms with Crippen LogP contribution in [-0.4, -0.2) is 29.8 Å². The van der Waals surface area contributed by atoms with Gasteiger partial charge in [0.05, 0.1) is 0 Å². The van der Waals surface area contributed by atoms with Crippen molar-refractivity contribution in [1.29, 1.82) is 0 Å². The van der Waals surface area contributed by atoms with Crippen LogP contribution < -0.4 is 5.32 Å². The average Bonchev–Trinajstić information content (AvgIpc) is 2.84. The Morgan fingerprint density at radius 1 is 0.875 bits per heavy atom. The molecule has 2 amide bonds. The molecule has 0 fully saturated rings. The van der Waals surface area contributed by atoms with Crippen molar-refractivity contribution in [3.63, 3.8) is 0 Å². The predicted octanol–water partition coefficient (Wildman–Crippen LogP) is 5.42. The Morgan fingerprint density at radius 3 is 1.88 bits per heavy atom. The summed E-state index contributed by atoms with van der Waals surface area (Å²) in [7, 11) is 1.60. The monoisotopic (exact) mass is 448 g/mol. The summed E-state index contributed by atoms with van der Waals surface area (Å²) < 4.78 is 0. The molecule has 0 aliphatic rings. The number of nitrogens with zero attached hydrogens (tertiary/aromatic N) is 1. The predicted molar refractivity (Wildman–Crippen MR) is 129 cm³/mol. The van der Waals surface area contributed by atoms with Crippen LogP contribution in [0.2, 0.25) is 5.02 Å². The summed E-state index contributed by atoms with van der Waals surface area (Å²) in [5.74, 6) is -0.321. The fourth-order valence-corrected chi connectivity index (χ4v) is 4.09. The molecule has 0 spiro atoms. The lowest BCUT2D eigenvalue weighted by Gasteiger charge is -2.32. The van der Waals surface area contributed by atoms with Gasteiger partial charge in [-0.1, -0.05) is 91.3 Å². The van der Waals surface area contributed by atoms with Crippen LogP contribution >= 0.6 is 11.6 Å². The van der Waals surface area contributed by atoms with Gasteiger partial charge in [-0.2, -0.15) is 0 Å². The van der Waals surface area contributed by atoms with Crippen LogP contribution in [0.15, 0.2) is 84.9 Å². The normalized spacial score (nSPS) is 11.8. The molecule has 0 radical (unpaired) electrons. The van der Waals surface area contributed by atoms with Gasteiger partial charge in [0.1, 0.15) is 6.04 Å². The van der Waals surface area contributed by atoms with Crippen molar-refractivity contribution in [3.05, 3.63) is 107 Å². The Hall–Kier alpha value is -3.11. The summed E-state index contributed by atoms with van der Waals surface area (Å²) >= 11 is 6.03. The lowest BCUT2D eigenvalue weighted by Crippen LogP contribution is -2.48. The molecule has 0 saturated carbocycles. The number of rotatable bonds is 9. The molecule has 166 valence electrons. The Bertz CT molecular complexity index is 967. The maximum absolute atomic E-state index is 13.7. The van der Waals surface area contributed by atoms with Crippen molar-refractivity contribution < 1.29 is 9.59 Å². The first kappa shape index (κ1) is 23.6. The van der Waals surface area contributed by atoms with Gasteiger partial charge in [0.2, 0.25) is 11.8 Å². The van der Waals surface area contributed by atoms with E-state index in [1.54, 1.807) is 24.1 Å². The molecule has 3 rings (SSSR count). The van der Waals surface area contributed by atoms with Crippen molar-refractivity contribution in [2.24, 2.45) is 0 Å². The highest BCUT2D eigenvalue weighted by Gasteiger charge is 2.30. The second kappa shape index (κ2) is 11.5. The van der Waals surface area contributed by atoms with Crippen molar-refractivity contribution >= 4 is 23.4 Å². The van der Waals surface area contributed by atoms with Crippen LogP contribution in [0, 0.1) is 0 Å². The van der Waals surface area contributed by atoms with Gasteiger partial charge < -0.3 is 10.2 Å². The summed E-state index contributed by atoms with van der Waals surface area (Å²) in [5.41, 5.74) is 3.08. The quantitative estimate of drug-likeness (QED) is 0.475. The molecule has 0 unspecified atom stereocenters. The maximum atomic E-state index is 13.7. The van der Waals surface area contributed by atoms with Gasteiger partial charge in [0.15, 0.2) is 0 Å². The van der Waals surface area contributed by atoms with Gasteiger partial charge in [-0.05, 0) is 35.2 Å². The molecule has 5 heteroatoms. The number of nitrogens with one attached hydrogen (secondary N) is 1. The van der Waals surface area contributed by atoms with E-state index in [9.17, 15) is 9.59 Å². The Morgan fingerprint density at radius 2 is 1.41 bits per heavy atom. The second-order valence-electron chi connectivity index (χ2n) is 7.76. The Balaban J connectivity index is 1.94. The number of hydrogen-bond donors (Lipinski definition) is 1. The summed E-state index contributed by atoms with van der Waals surface area (Å²) in [5, 5.41) is 3.35. The van der Waals surface area contributed by atoms with Crippen LogP contribution in [0.25, 0.3) is 0 Å². The maximum Gasteiger partial charge on any atom is 0.242 e. The van der Waals surface area contributed by atoms with E-state index in [0.717, 1.165) is 16.7 Å². The first-order valence-electron chi connectivity index (χ1n) is 10.9. The van der Waals surface area contributed by atoms with E-state index in [1.165, 1.54) is 0 Å². The average molecular weight is 449 g/mol. The summed E-state index contributed by atoms with van der Waals surface area (Å²) in [6, 6.07) is 26.9. The second-order valence-corrected chi connectivity index (χ2v) is 8.20. The molecule has 3 aromatic rings. The highest BCUT2D eigenvalue weighted by atomic mass is 35.5. The SMILES string of the molecule is CC[C@H](C(=O)NC)N(Cc1ccc(Cl)cc1)C(=O)CC(c1ccccc1)c1ccccc1. The molecule has 0 heterocycles. The van der Waals surface area contributed by atoms with Crippen molar-refractivity contribution in [2.45, 2.75) is 38.3 Å². The fourth-order valence-electron chi connectivity index (χ4n) is 3.96. The van der Waals surface area contributed by atoms with Crippen molar-refractivity contribution in [3.8, 4) is 0 Å². The number of carbonyl (C=O) groups is 2. The molecule has 0 saturated heterocycles. The number of benzene rings is 3. The first-order valence-corrected chi connectivity index (χ1v) is 11.3. The summed E-state index contributed by atoms with van der Waals surface area (Å²) in [4.78, 5) is 28.0. The van der Waals surface area contributed by atoms with Gasteiger partial charge in [-0.3, -0.25) is 9.59 Å². The Kier molecular flexibility index (Phi) is 8.46. The van der Waals surface area contributed by atoms with E-state index in [4.69, 9.17) is 11.6 Å². The minimum Gasteiger partial charge on any atom is -0.357 e. The van der Waals surface area contributed by atoms with Crippen LogP contribution in [0.4, 0.5) is 0 Å². The highest BCUT2D eigenvalue weighted by molar-refractivity contribution is 6.30. The van der Waals surface area contributed by atoms with E-state index >= 15 is 0 Å². The molecule has 1 atom stereocenters. The van der Waals surface area contributed by atoms with E-state index < -0.39 is 6.04 Å². The zero-order valence-corrected chi connectivity index (χ0v) is 19.3. The topological polar surface area (TPSA) is 49.4 Å². The highest BCUT2D eigenvalue weighted by Crippen LogP contribution is 2.29. The minimum absolute atomic E-state index is 0.0619. The number of carbonyl (C=O) groups excluding carboxylic acids is 2. The first-order chi connectivity index (χ1) is 15.5. The fraction of sp³-hybridized carbons (Fsp3) is 0.259. The summed E-state index contributed by atoms with van der Waals surface area (Å²) in [6.45, 7) is 2.27. The Labute approximate surface area is 195 Å². The minimum atomic E-state index is -0.546. The van der Waals surface area contributed by atoms with Gasteiger partial charge in [-0.25, -0.2) is 0 Å². The molecule has 0 aliphatic carbocycles. The number of likely N-dealkylation sites (N-methyl/N-ethyl adjacent to an activating group) is 1. The molecule has 0 aromatic heterocycles. The molecular formula is C27H29ClN2O2. The van der Waals surface area contributed by atoms with Crippen molar-refractivity contribution in [2.75, 3.05) is 7.05 Å². The van der Waals surface area contributed by atoms with Gasteiger partial charge in [-0.15, -0.1) is 0 Å². The zero-order chi connectivity index (χ0) is 22.9. The van der Waals surface area contributed by atoms with Gasteiger partial charge in [0.25, 0.3) is 0 Å². The number of halogens is 1. The molecule has 4 nitrogen and oxygen atoms in total. The molecule has 0 bridgehead atoms. The van der Waals surface area contributed by atoms with Crippen LogP contribution in [0.1, 0.15) is 42.4 Å². The van der Waals surface area contributed by atoms with Gasteiger partial charge in [0, 0.05) is 31.0 Å². The smallest absolute Gasteiger partial charge is 0.242 e. The van der Waals surface area contributed by atoms with Crippen molar-refractivity contribution in [1.82, 2.24) is 10.2 Å². The lowest BCUT2D eigenvalue weighted by atomic mass is 9.88. The largest absolute Gasteiger partial charge is 0.357 e. The van der Waals surface area contributed by atoms with E-state index in [1.807, 2.05) is 79.7 Å². The lowest BCUT2D eigenvalue weighted by molar-refractivity contribution is -0.141. The molecule has 1 N–H and O–H groups in total. The third-order valence-corrected chi connectivity index (χ3v) is 5.93. The molecule has 3 aromatic carbocycles. The summed E-state index contributed by atoms with van der Waals surface area (Å²) in [6.07, 6.45) is 0.801. The van der Waals surface area contributed by atoms with Crippen LogP contribution in [0.3, 0.4) is 0 Å². The molecule has 0 aliphatic heterocycles. The van der Waals surface area contributed by atoms with E-state index in [0.29, 0.717) is 18.0 Å². The third-order valence-electron chi connectivity index (χ3n) is 5.68. The number of amides is 2. The molecular weight excluding hydrogens is 420 g/mol. The number of hydrogen-bond acceptors (Lipinski definition) is 2. The third kappa shape index (κ3) is 5.98. The standard InChI is InChI=1S/C27H29ClN2O2/c1-3-25(27(32)29-2)30(19-20-14-16-23(28)17-15-20)26(31)18-24(21-10-6-4-7-11-21)22-12-8-5-9-13-22/h4-17,24-25H,3,18-19H2,1-2H3,(H,29,32)/t25-/m1/s1.